The number of hydrogen-bond acceptors (Lipinski definition) is 6. The van der Waals surface area contributed by atoms with Gasteiger partial charge in [0, 0.05) is 16.3 Å². The fourth-order valence-corrected chi connectivity index (χ4v) is 2.95. The lowest BCUT2D eigenvalue weighted by molar-refractivity contribution is -0.112. The van der Waals surface area contributed by atoms with Gasteiger partial charge in [-0.25, -0.2) is 4.98 Å². The van der Waals surface area contributed by atoms with Gasteiger partial charge < -0.3 is 16.8 Å². The molecule has 3 rings (SSSR count). The monoisotopic (exact) mass is 427 g/mol. The quantitative estimate of drug-likeness (QED) is 0.381. The fraction of sp³-hybridized carbons (Fsp3) is 0.0952. The van der Waals surface area contributed by atoms with Crippen molar-refractivity contribution in [2.24, 2.45) is 0 Å². The zero-order valence-corrected chi connectivity index (χ0v) is 16.9. The van der Waals surface area contributed by atoms with E-state index in [9.17, 15) is 4.79 Å². The number of rotatable bonds is 7. The third-order valence-electron chi connectivity index (χ3n) is 4.13. The van der Waals surface area contributed by atoms with E-state index in [1.165, 1.54) is 6.08 Å². The number of nitrogens with zero attached hydrogens (tertiary/aromatic N) is 2. The average Bonchev–Trinajstić information content (AvgIpc) is 2.72. The van der Waals surface area contributed by atoms with Crippen LogP contribution in [0.25, 0.3) is 17.2 Å². The first-order valence-electron chi connectivity index (χ1n) is 8.75. The van der Waals surface area contributed by atoms with Crippen molar-refractivity contribution in [1.29, 1.82) is 0 Å². The summed E-state index contributed by atoms with van der Waals surface area (Å²) >= 11 is 11.5. The number of benzene rings is 2. The molecule has 0 spiro atoms. The lowest BCUT2D eigenvalue weighted by Crippen LogP contribution is -2.10. The van der Waals surface area contributed by atoms with Crippen LogP contribution in [0, 0.1) is 0 Å². The van der Waals surface area contributed by atoms with Crippen molar-refractivity contribution in [2.75, 3.05) is 22.7 Å². The molecule has 0 amide bonds. The normalized spacial score (nSPS) is 11.0. The summed E-state index contributed by atoms with van der Waals surface area (Å²) in [5.41, 5.74) is 15.9. The molecule has 5 N–H and O–H groups in total. The molecule has 0 atom stereocenters. The second-order valence-corrected chi connectivity index (χ2v) is 6.91. The van der Waals surface area contributed by atoms with Crippen LogP contribution in [0.3, 0.4) is 0 Å². The molecule has 2 aromatic carbocycles. The second kappa shape index (κ2) is 9.41. The number of aromatic nitrogens is 2. The van der Waals surface area contributed by atoms with Crippen molar-refractivity contribution in [3.63, 3.8) is 0 Å². The van der Waals surface area contributed by atoms with E-state index in [1.54, 1.807) is 18.2 Å². The van der Waals surface area contributed by atoms with Crippen LogP contribution in [-0.2, 0) is 11.3 Å². The van der Waals surface area contributed by atoms with Crippen LogP contribution < -0.4 is 16.8 Å². The van der Waals surface area contributed by atoms with Gasteiger partial charge in [-0.05, 0) is 41.5 Å². The summed E-state index contributed by atoms with van der Waals surface area (Å²) in [6.45, 7) is 0.398. The SMILES string of the molecule is Nc1nc(N)c(-c2ccc(Cl)cc2)c(CNc2ccc(/C=C/C(=O)CCl)cc2)n1. The third-order valence-corrected chi connectivity index (χ3v) is 4.64. The van der Waals surface area contributed by atoms with Crippen molar-refractivity contribution >= 4 is 52.5 Å². The van der Waals surface area contributed by atoms with Gasteiger partial charge in [0.05, 0.1) is 18.1 Å². The van der Waals surface area contributed by atoms with E-state index < -0.39 is 0 Å². The molecule has 3 aromatic rings. The lowest BCUT2D eigenvalue weighted by atomic mass is 10.0. The Morgan fingerprint density at radius 1 is 1.03 bits per heavy atom. The molecule has 0 aliphatic heterocycles. The van der Waals surface area contributed by atoms with Gasteiger partial charge in [-0.1, -0.05) is 41.9 Å². The molecule has 0 aliphatic rings. The van der Waals surface area contributed by atoms with E-state index in [-0.39, 0.29) is 17.6 Å². The van der Waals surface area contributed by atoms with E-state index in [0.29, 0.717) is 28.6 Å². The highest BCUT2D eigenvalue weighted by molar-refractivity contribution is 6.30. The molecule has 0 fully saturated rings. The number of nitrogens with one attached hydrogen (secondary N) is 1. The minimum atomic E-state index is -0.137. The maximum absolute atomic E-state index is 11.3. The minimum absolute atomic E-state index is 0.0305. The largest absolute Gasteiger partial charge is 0.383 e. The number of anilines is 3. The summed E-state index contributed by atoms with van der Waals surface area (Å²) in [4.78, 5) is 19.7. The summed E-state index contributed by atoms with van der Waals surface area (Å²) in [5.74, 6) is 0.252. The molecule has 0 saturated heterocycles. The van der Waals surface area contributed by atoms with Crippen LogP contribution in [0.15, 0.2) is 54.6 Å². The Morgan fingerprint density at radius 2 is 1.72 bits per heavy atom. The fourth-order valence-electron chi connectivity index (χ4n) is 2.74. The van der Waals surface area contributed by atoms with Gasteiger partial charge in [-0.2, -0.15) is 4.98 Å². The molecule has 0 saturated carbocycles. The molecule has 6 nitrogen and oxygen atoms in total. The Bertz CT molecular complexity index is 1030. The van der Waals surface area contributed by atoms with Gasteiger partial charge in [0.25, 0.3) is 0 Å². The summed E-state index contributed by atoms with van der Waals surface area (Å²) < 4.78 is 0. The first kappa shape index (κ1) is 20.6. The third kappa shape index (κ3) is 5.47. The number of halogens is 2. The van der Waals surface area contributed by atoms with E-state index in [2.05, 4.69) is 15.3 Å². The highest BCUT2D eigenvalue weighted by Gasteiger charge is 2.13. The van der Waals surface area contributed by atoms with Crippen LogP contribution in [0.1, 0.15) is 11.3 Å². The van der Waals surface area contributed by atoms with Crippen LogP contribution in [0.5, 0.6) is 0 Å². The van der Waals surface area contributed by atoms with Gasteiger partial charge in [-0.3, -0.25) is 4.79 Å². The van der Waals surface area contributed by atoms with Gasteiger partial charge in [0.2, 0.25) is 5.95 Å². The Balaban J connectivity index is 1.79. The minimum Gasteiger partial charge on any atom is -0.383 e. The summed E-state index contributed by atoms with van der Waals surface area (Å²) in [7, 11) is 0. The highest BCUT2D eigenvalue weighted by Crippen LogP contribution is 2.30. The molecule has 0 bridgehead atoms. The highest BCUT2D eigenvalue weighted by atomic mass is 35.5. The van der Waals surface area contributed by atoms with Crippen molar-refractivity contribution in [1.82, 2.24) is 9.97 Å². The summed E-state index contributed by atoms with van der Waals surface area (Å²) in [6.07, 6.45) is 3.18. The number of carbonyl (C=O) groups excluding carboxylic acids is 1. The Hall–Kier alpha value is -3.09. The molecular weight excluding hydrogens is 409 g/mol. The lowest BCUT2D eigenvalue weighted by Gasteiger charge is -2.14. The van der Waals surface area contributed by atoms with Crippen molar-refractivity contribution in [3.05, 3.63) is 70.9 Å². The molecule has 0 unspecified atom stereocenters. The van der Waals surface area contributed by atoms with Crippen LogP contribution >= 0.6 is 23.2 Å². The Kier molecular flexibility index (Phi) is 6.69. The number of hydrogen-bond donors (Lipinski definition) is 3. The maximum Gasteiger partial charge on any atom is 0.222 e. The van der Waals surface area contributed by atoms with Gasteiger partial charge in [0.15, 0.2) is 5.78 Å². The molecule has 8 heteroatoms. The second-order valence-electron chi connectivity index (χ2n) is 6.20. The predicted octanol–water partition coefficient (Wildman–Crippen LogP) is 4.39. The van der Waals surface area contributed by atoms with E-state index in [0.717, 1.165) is 16.8 Å². The topological polar surface area (TPSA) is 107 Å². The number of nitrogens with two attached hydrogens (primary N) is 2. The zero-order chi connectivity index (χ0) is 20.8. The molecular formula is C21H19Cl2N5O. The van der Waals surface area contributed by atoms with Gasteiger partial charge >= 0.3 is 0 Å². The molecule has 1 aromatic heterocycles. The van der Waals surface area contributed by atoms with Gasteiger partial charge in [0.1, 0.15) is 5.82 Å². The number of carbonyl (C=O) groups is 1. The molecule has 0 aliphatic carbocycles. The molecule has 1 heterocycles. The van der Waals surface area contributed by atoms with Crippen molar-refractivity contribution < 1.29 is 4.79 Å². The molecule has 0 radical (unpaired) electrons. The first-order valence-corrected chi connectivity index (χ1v) is 9.66. The first-order chi connectivity index (χ1) is 14.0. The summed E-state index contributed by atoms with van der Waals surface area (Å²) in [6, 6.07) is 14.9. The standard InChI is InChI=1S/C21H19Cl2N5O/c22-11-17(29)10-3-13-1-8-16(9-2-13)26-12-18-19(20(24)28-21(25)27-18)14-4-6-15(23)7-5-14/h1-10,26H,11-12H2,(H4,24,25,27,28)/b10-3+. The van der Waals surface area contributed by atoms with Crippen molar-refractivity contribution in [2.45, 2.75) is 6.54 Å². The van der Waals surface area contributed by atoms with E-state index >= 15 is 0 Å². The molecule has 148 valence electrons. The average molecular weight is 428 g/mol. The summed E-state index contributed by atoms with van der Waals surface area (Å²) in [5, 5.41) is 3.93. The van der Waals surface area contributed by atoms with Gasteiger partial charge in [-0.15, -0.1) is 11.6 Å². The molecule has 29 heavy (non-hydrogen) atoms. The predicted molar refractivity (Wildman–Crippen MR) is 120 cm³/mol. The number of nitrogen functional groups attached to an aromatic ring is 2. The number of alkyl halides is 1. The van der Waals surface area contributed by atoms with Crippen LogP contribution in [-0.4, -0.2) is 21.6 Å². The zero-order valence-electron chi connectivity index (χ0n) is 15.4. The number of ketones is 1. The van der Waals surface area contributed by atoms with E-state index in [4.69, 9.17) is 34.7 Å². The van der Waals surface area contributed by atoms with Crippen LogP contribution in [0.2, 0.25) is 5.02 Å². The Labute approximate surface area is 178 Å². The maximum atomic E-state index is 11.3. The Morgan fingerprint density at radius 3 is 2.38 bits per heavy atom. The number of allylic oxidation sites excluding steroid dienone is 1. The smallest absolute Gasteiger partial charge is 0.222 e. The van der Waals surface area contributed by atoms with Crippen molar-refractivity contribution in [3.8, 4) is 11.1 Å². The van der Waals surface area contributed by atoms with Crippen LogP contribution in [0.4, 0.5) is 17.5 Å². The van der Waals surface area contributed by atoms with E-state index in [1.807, 2.05) is 36.4 Å².